The van der Waals surface area contributed by atoms with Gasteiger partial charge >= 0.3 is 0 Å². The van der Waals surface area contributed by atoms with Crippen molar-refractivity contribution >= 4 is 16.8 Å². The highest BCUT2D eigenvalue weighted by Crippen LogP contribution is 2.21. The van der Waals surface area contributed by atoms with Crippen LogP contribution in [0.5, 0.6) is 0 Å². The number of fused-ring (bicyclic) bond motifs is 1. The van der Waals surface area contributed by atoms with E-state index in [2.05, 4.69) is 15.3 Å². The number of benzene rings is 2. The van der Waals surface area contributed by atoms with Crippen LogP contribution < -0.4 is 5.56 Å². The van der Waals surface area contributed by atoms with Gasteiger partial charge in [-0.15, -0.1) is 5.10 Å². The standard InChI is InChI=1S/C22H17F2N5O2/c23-15-3-6-19-14(9-15)10-18(21(30)25-19)20-12-29(27-26-20)17-4-1-13(2-5-17)22(31)28-8-7-16(24)11-28/h1-6,9-10,12,16H,7-8,11H2,(H,25,30). The van der Waals surface area contributed by atoms with Crippen molar-refractivity contribution in [3.8, 4) is 16.9 Å². The minimum absolute atomic E-state index is 0.122. The van der Waals surface area contributed by atoms with Crippen molar-refractivity contribution in [3.05, 3.63) is 76.5 Å². The molecule has 7 nitrogen and oxygen atoms in total. The van der Waals surface area contributed by atoms with Crippen LogP contribution in [0.4, 0.5) is 8.78 Å². The fraction of sp³-hybridized carbons (Fsp3) is 0.182. The van der Waals surface area contributed by atoms with Crippen LogP contribution in [0.1, 0.15) is 16.8 Å². The Bertz CT molecular complexity index is 1350. The normalized spacial score (nSPS) is 16.2. The number of nitrogens with zero attached hydrogens (tertiary/aromatic N) is 4. The molecule has 1 amide bonds. The highest BCUT2D eigenvalue weighted by Gasteiger charge is 2.26. The molecule has 31 heavy (non-hydrogen) atoms. The zero-order valence-corrected chi connectivity index (χ0v) is 16.3. The molecular formula is C22H17F2N5O2. The van der Waals surface area contributed by atoms with E-state index in [0.29, 0.717) is 40.8 Å². The fourth-order valence-electron chi connectivity index (χ4n) is 3.72. The minimum Gasteiger partial charge on any atom is -0.336 e. The third-order valence-corrected chi connectivity index (χ3v) is 5.37. The molecule has 2 aromatic heterocycles. The van der Waals surface area contributed by atoms with E-state index in [4.69, 9.17) is 0 Å². The quantitative estimate of drug-likeness (QED) is 0.551. The minimum atomic E-state index is -0.966. The van der Waals surface area contributed by atoms with Gasteiger partial charge in [0, 0.05) is 23.0 Å². The number of H-pyrrole nitrogens is 1. The van der Waals surface area contributed by atoms with E-state index in [1.165, 1.54) is 27.8 Å². The summed E-state index contributed by atoms with van der Waals surface area (Å²) in [6.45, 7) is 0.537. The van der Waals surface area contributed by atoms with Gasteiger partial charge in [0.2, 0.25) is 0 Å². The number of aromatic nitrogens is 4. The van der Waals surface area contributed by atoms with Crippen LogP contribution in [0.15, 0.2) is 59.5 Å². The molecule has 1 aliphatic heterocycles. The van der Waals surface area contributed by atoms with Crippen LogP contribution in [0, 0.1) is 5.82 Å². The molecular weight excluding hydrogens is 404 g/mol. The first-order valence-corrected chi connectivity index (χ1v) is 9.77. The maximum Gasteiger partial charge on any atom is 0.258 e. The van der Waals surface area contributed by atoms with E-state index in [1.54, 1.807) is 36.5 Å². The van der Waals surface area contributed by atoms with Crippen molar-refractivity contribution in [1.82, 2.24) is 24.9 Å². The Labute approximate surface area is 174 Å². The zero-order valence-electron chi connectivity index (χ0n) is 16.3. The van der Waals surface area contributed by atoms with Gasteiger partial charge in [-0.05, 0) is 55.0 Å². The van der Waals surface area contributed by atoms with E-state index in [9.17, 15) is 18.4 Å². The van der Waals surface area contributed by atoms with Crippen molar-refractivity contribution in [2.45, 2.75) is 12.6 Å². The number of pyridine rings is 1. The van der Waals surface area contributed by atoms with Gasteiger partial charge in [-0.3, -0.25) is 9.59 Å². The predicted molar refractivity (Wildman–Crippen MR) is 110 cm³/mol. The van der Waals surface area contributed by atoms with Crippen LogP contribution in [-0.4, -0.2) is 50.0 Å². The Balaban J connectivity index is 1.42. The summed E-state index contributed by atoms with van der Waals surface area (Å²) >= 11 is 0. The summed E-state index contributed by atoms with van der Waals surface area (Å²) in [5.74, 6) is -0.610. The van der Waals surface area contributed by atoms with Gasteiger partial charge in [-0.25, -0.2) is 13.5 Å². The topological polar surface area (TPSA) is 83.9 Å². The lowest BCUT2D eigenvalue weighted by Gasteiger charge is -2.15. The van der Waals surface area contributed by atoms with Crippen molar-refractivity contribution in [3.63, 3.8) is 0 Å². The first-order chi connectivity index (χ1) is 15.0. The molecule has 1 atom stereocenters. The maximum atomic E-state index is 13.5. The summed E-state index contributed by atoms with van der Waals surface area (Å²) < 4.78 is 28.4. The molecule has 9 heteroatoms. The van der Waals surface area contributed by atoms with Gasteiger partial charge in [-0.2, -0.15) is 0 Å². The molecule has 4 aromatic rings. The van der Waals surface area contributed by atoms with E-state index < -0.39 is 12.0 Å². The Hall–Kier alpha value is -3.88. The lowest BCUT2D eigenvalue weighted by Crippen LogP contribution is -2.28. The van der Waals surface area contributed by atoms with Gasteiger partial charge in [0.15, 0.2) is 0 Å². The fourth-order valence-corrected chi connectivity index (χ4v) is 3.72. The second-order valence-electron chi connectivity index (χ2n) is 7.48. The molecule has 1 unspecified atom stereocenters. The third-order valence-electron chi connectivity index (χ3n) is 5.37. The Morgan fingerprint density at radius 3 is 2.68 bits per heavy atom. The molecule has 156 valence electrons. The van der Waals surface area contributed by atoms with Gasteiger partial charge < -0.3 is 9.88 Å². The van der Waals surface area contributed by atoms with Crippen molar-refractivity contribution < 1.29 is 13.6 Å². The number of aromatic amines is 1. The number of rotatable bonds is 3. The molecule has 1 aliphatic rings. The van der Waals surface area contributed by atoms with Crippen LogP contribution >= 0.6 is 0 Å². The van der Waals surface area contributed by atoms with E-state index in [1.807, 2.05) is 0 Å². The molecule has 2 aromatic carbocycles. The first-order valence-electron chi connectivity index (χ1n) is 9.77. The predicted octanol–water partition coefficient (Wildman–Crippen LogP) is 3.10. The van der Waals surface area contributed by atoms with Crippen LogP contribution in [0.2, 0.25) is 0 Å². The van der Waals surface area contributed by atoms with E-state index in [-0.39, 0.29) is 23.6 Å². The number of nitrogens with one attached hydrogen (secondary N) is 1. The van der Waals surface area contributed by atoms with Crippen molar-refractivity contribution in [2.24, 2.45) is 0 Å². The van der Waals surface area contributed by atoms with Crippen LogP contribution in [0.3, 0.4) is 0 Å². The molecule has 0 aliphatic carbocycles. The smallest absolute Gasteiger partial charge is 0.258 e. The van der Waals surface area contributed by atoms with Gasteiger partial charge in [0.05, 0.1) is 24.0 Å². The van der Waals surface area contributed by atoms with Crippen molar-refractivity contribution in [2.75, 3.05) is 13.1 Å². The summed E-state index contributed by atoms with van der Waals surface area (Å²) in [6.07, 6.45) is 0.985. The number of carbonyl (C=O) groups excluding carboxylic acids is 1. The Kier molecular flexibility index (Phi) is 4.58. The van der Waals surface area contributed by atoms with Crippen LogP contribution in [-0.2, 0) is 0 Å². The Morgan fingerprint density at radius 1 is 1.13 bits per heavy atom. The average Bonchev–Trinajstić information content (AvgIpc) is 3.43. The van der Waals surface area contributed by atoms with E-state index >= 15 is 0 Å². The number of carbonyl (C=O) groups is 1. The molecule has 0 spiro atoms. The SMILES string of the molecule is O=C(c1ccc(-n2cc(-c3cc4cc(F)ccc4[nH]c3=O)nn2)cc1)N1CCC(F)C1. The largest absolute Gasteiger partial charge is 0.336 e. The van der Waals surface area contributed by atoms with E-state index in [0.717, 1.165) is 0 Å². The monoisotopic (exact) mass is 421 g/mol. The highest BCUT2D eigenvalue weighted by molar-refractivity contribution is 5.94. The molecule has 1 saturated heterocycles. The highest BCUT2D eigenvalue weighted by atomic mass is 19.1. The molecule has 1 fully saturated rings. The molecule has 1 N–H and O–H groups in total. The number of amides is 1. The van der Waals surface area contributed by atoms with Crippen molar-refractivity contribution in [1.29, 1.82) is 0 Å². The summed E-state index contributed by atoms with van der Waals surface area (Å²) in [5.41, 5.74) is 1.88. The summed E-state index contributed by atoms with van der Waals surface area (Å²) in [6, 6.07) is 12.4. The number of hydrogen-bond donors (Lipinski definition) is 1. The second kappa shape index (κ2) is 7.42. The summed E-state index contributed by atoms with van der Waals surface area (Å²) in [7, 11) is 0. The Morgan fingerprint density at radius 2 is 1.94 bits per heavy atom. The maximum absolute atomic E-state index is 13.5. The molecule has 5 rings (SSSR count). The number of halogens is 2. The number of likely N-dealkylation sites (tertiary alicyclic amines) is 1. The average molecular weight is 421 g/mol. The van der Waals surface area contributed by atoms with Gasteiger partial charge in [0.1, 0.15) is 17.7 Å². The lowest BCUT2D eigenvalue weighted by molar-refractivity contribution is 0.0783. The zero-order chi connectivity index (χ0) is 21.5. The molecule has 0 radical (unpaired) electrons. The van der Waals surface area contributed by atoms with Gasteiger partial charge in [0.25, 0.3) is 11.5 Å². The lowest BCUT2D eigenvalue weighted by atomic mass is 10.1. The summed E-state index contributed by atoms with van der Waals surface area (Å²) in [4.78, 5) is 29.1. The molecule has 0 bridgehead atoms. The number of hydrogen-bond acceptors (Lipinski definition) is 4. The number of alkyl halides is 1. The van der Waals surface area contributed by atoms with Crippen LogP contribution in [0.25, 0.3) is 27.8 Å². The molecule has 3 heterocycles. The summed E-state index contributed by atoms with van der Waals surface area (Å²) in [5, 5.41) is 8.67. The molecule has 0 saturated carbocycles. The second-order valence-corrected chi connectivity index (χ2v) is 7.48. The van der Waals surface area contributed by atoms with Gasteiger partial charge in [-0.1, -0.05) is 5.21 Å². The third kappa shape index (κ3) is 3.58. The first kappa shape index (κ1) is 19.1.